The third-order valence-electron chi connectivity index (χ3n) is 50.5. The van der Waals surface area contributed by atoms with Crippen LogP contribution in [0.15, 0.2) is 58.7 Å². The zero-order chi connectivity index (χ0) is 98.4. The van der Waals surface area contributed by atoms with Gasteiger partial charge in [-0.2, -0.15) is 9.59 Å². The number of esters is 1. The van der Waals surface area contributed by atoms with Gasteiger partial charge in [0, 0.05) is 12.3 Å². The highest BCUT2D eigenvalue weighted by molar-refractivity contribution is 5.77. The Morgan fingerprint density at radius 1 is 0.463 bits per heavy atom. The maximum absolute atomic E-state index is 12.8. The molecule has 4 N–H and O–H groups in total. The summed E-state index contributed by atoms with van der Waals surface area (Å²) in [6.45, 7) is 78.5. The van der Waals surface area contributed by atoms with E-state index in [1.165, 1.54) is 126 Å². The molecular weight excluding hydrogens is 1660 g/mol. The number of ether oxygens (including phenoxy) is 2. The minimum Gasteiger partial charge on any atom is -0.481 e. The Hall–Kier alpha value is -4.12. The van der Waals surface area contributed by atoms with Crippen LogP contribution in [0.3, 0.4) is 0 Å². The molecule has 12 unspecified atom stereocenters. The summed E-state index contributed by atoms with van der Waals surface area (Å²) in [5, 5.41) is 43.2. The second-order valence-corrected chi connectivity index (χ2v) is 56.3. The molecule has 14 fully saturated rings. The normalized spacial score (nSPS) is 51.1. The summed E-state index contributed by atoms with van der Waals surface area (Å²) in [5.74, 6) is 10.1. The highest BCUT2D eigenvalue weighted by Gasteiger charge is 2.75. The number of hydrogen-bond donors (Lipinski definition) is 4. The molecule has 0 aromatic carbocycles. The highest BCUT2D eigenvalue weighted by atomic mass is 16.6. The fourth-order valence-electron chi connectivity index (χ4n) is 41.3. The molecule has 12 heteroatoms. The lowest BCUT2D eigenvalue weighted by atomic mass is 9.33. The molecule has 0 aromatic heterocycles. The van der Waals surface area contributed by atoms with Crippen molar-refractivity contribution in [2.45, 2.75) is 457 Å². The Kier molecular flexibility index (Phi) is 29.1. The second kappa shape index (κ2) is 36.3. The van der Waals surface area contributed by atoms with Crippen molar-refractivity contribution in [3.05, 3.63) is 58.7 Å². The maximum atomic E-state index is 12.8. The van der Waals surface area contributed by atoms with Gasteiger partial charge in [-0.3, -0.25) is 19.2 Å². The molecule has 37 atom stereocenters. The van der Waals surface area contributed by atoms with Gasteiger partial charge in [0.2, 0.25) is 0 Å². The molecule has 0 spiro atoms. The van der Waals surface area contributed by atoms with Gasteiger partial charge in [-0.25, -0.2) is 0 Å². The molecule has 0 aromatic rings. The topological polar surface area (TPSA) is 202 Å². The van der Waals surface area contributed by atoms with Crippen molar-refractivity contribution in [3.8, 4) is 0 Å². The van der Waals surface area contributed by atoms with E-state index in [0.717, 1.165) is 145 Å². The van der Waals surface area contributed by atoms with Crippen LogP contribution in [0, 0.1) is 210 Å². The number of carbonyl (C=O) groups excluding carboxylic acids is 4. The molecule has 0 amide bonds. The van der Waals surface area contributed by atoms with Gasteiger partial charge in [0.15, 0.2) is 0 Å². The van der Waals surface area contributed by atoms with Gasteiger partial charge in [-0.1, -0.05) is 246 Å². The number of carboxylic acid groups (broad SMARTS) is 2. The predicted molar refractivity (Wildman–Crippen MR) is 543 cm³/mol. The Labute approximate surface area is 817 Å². The van der Waals surface area contributed by atoms with Crippen LogP contribution in [0.5, 0.6) is 0 Å². The lowest BCUT2D eigenvalue weighted by Crippen LogP contribution is -2.64. The number of allylic oxidation sites excluding steroid dienone is 9. The standard InChI is InChI=1S/C30H46O4.C30H50O3.C30H48O2.C30H50O.CO2.CH4/c1-18-10-15-30(25(32)33)17-16-28(6)20(24(30)19(18)2)8-9-22-27(5)13-12-23(31)34-26(3,4)21(27)11-14-29(22,28)7;1-20-11-13-27(5)15-16-29(7)22(25(27)21(20)2)9-10-24-28(6,17-18-33-19-31)23(26(3,4)32)12-14-30(24,29)8;1-9-14-27(6)22(19(2)3)13-15-29(8)24(27)11-10-23-25-21(5)20(4)12-16-30(25,26(31)32)18-17-28(23,29)7;1-19-11-14-27(5)17-18-29(7)21(25(27)20(19)2)9-10-23-28(6)15-13-24(31)26(3,4)22(28)12-16-30(23,29)8;2-1-3;/h8,18-19,21-22,24H,9-17H2,1-7H3,(H,32,33);9,19-21,23-25,32H,10-18H2,1-8H3;10,20-22,24-25H,2,9,11-18H2,1,3-8H3,(H,31,32);9,19-20,22-25,31H,10-18H2,1-8H3;;1H4/t18-,19+,21?,22?,24?,27+,28-,29-,30+;20-,21+,23?,24?,25?,27-,28+,29-,30-;20-,21+,22?,24?,25?,27+,28-,29-,30+;19-,20+,22?,23?,24+,25?,27-,28+,29-,30-;;/m1111../s1. The van der Waals surface area contributed by atoms with E-state index in [2.05, 4.69) is 225 Å². The van der Waals surface area contributed by atoms with Crippen molar-refractivity contribution in [1.29, 1.82) is 0 Å². The second-order valence-electron chi connectivity index (χ2n) is 56.3. The van der Waals surface area contributed by atoms with Gasteiger partial charge in [0.05, 0.1) is 29.1 Å². The van der Waals surface area contributed by atoms with Crippen molar-refractivity contribution in [1.82, 2.24) is 0 Å². The maximum Gasteiger partial charge on any atom is 0.373 e. The molecule has 1 heterocycles. The average Bonchev–Trinajstić information content (AvgIpc) is 0.729. The molecule has 18 aliphatic rings. The van der Waals surface area contributed by atoms with E-state index in [1.54, 1.807) is 5.57 Å². The lowest BCUT2D eigenvalue weighted by Gasteiger charge is -2.71. The van der Waals surface area contributed by atoms with Crippen LogP contribution in [0.4, 0.5) is 0 Å². The molecule has 13 saturated carbocycles. The third-order valence-corrected chi connectivity index (χ3v) is 50.5. The first-order valence-corrected chi connectivity index (χ1v) is 55.2. The molecular formula is C122H198O12. The molecule has 12 nitrogen and oxygen atoms in total. The first-order valence-electron chi connectivity index (χ1n) is 55.2. The number of aliphatic carboxylic acids is 2. The van der Waals surface area contributed by atoms with Crippen molar-refractivity contribution in [3.63, 3.8) is 0 Å². The van der Waals surface area contributed by atoms with E-state index in [-0.39, 0.29) is 97.6 Å². The number of hydrogen-bond acceptors (Lipinski definition) is 10. The number of cyclic esters (lactones) is 1. The Morgan fingerprint density at radius 3 is 1.22 bits per heavy atom. The molecule has 758 valence electrons. The Bertz CT molecular complexity index is 4540. The average molecular weight is 1860 g/mol. The van der Waals surface area contributed by atoms with E-state index >= 15 is 0 Å². The monoisotopic (exact) mass is 1860 g/mol. The summed E-state index contributed by atoms with van der Waals surface area (Å²) in [6.07, 6.45) is 50.2. The molecule has 134 heavy (non-hydrogen) atoms. The first kappa shape index (κ1) is 107. The summed E-state index contributed by atoms with van der Waals surface area (Å²) in [7, 11) is 0. The number of carboxylic acids is 2. The Balaban J connectivity index is 0.000000150. The fourth-order valence-corrected chi connectivity index (χ4v) is 41.3. The first-order chi connectivity index (χ1) is 61.6. The van der Waals surface area contributed by atoms with Crippen molar-refractivity contribution in [2.75, 3.05) is 6.61 Å². The summed E-state index contributed by atoms with van der Waals surface area (Å²) >= 11 is 0. The SMILES string of the molecule is C.C=C(C)C1CC[C@]2(C)C(CC=C3C4[C@@H](C)[C@H](C)CC[C@]4(C(=O)O)CC[C@]32C)[C@@]1(C)CCC.C[C@@H]1CC[C@]2(C(=O)O)CC[C@]3(C)C(=CCC4[C@@]5(C)CCC(=O)OC(C)(C)C5CC[C@]43C)C2[C@H]1C.C[C@@H]1CC[C@]2(C)CC[C@]3(C)C(=CCC4[C@@](C)(CCOC=O)C(C(C)(C)O)CC[C@]43C)C2[C@H]1C.C[C@@H]1CC[C@]2(C)CC[C@]3(C)C(=CCC4[C@@]5(C)CC[C@H](O)C(C)(C)C5CC[C@]43C)C2[C@H]1C.O=C=O. The minimum absolute atomic E-state index is 0. The fraction of sp³-hybridized carbons (Fsp3) is 0.877. The van der Waals surface area contributed by atoms with Crippen LogP contribution in [0.25, 0.3) is 0 Å². The van der Waals surface area contributed by atoms with Crippen LogP contribution in [-0.4, -0.2) is 74.9 Å². The van der Waals surface area contributed by atoms with Crippen LogP contribution in [-0.2, 0) is 38.2 Å². The minimum atomic E-state index is -0.736. The predicted octanol–water partition coefficient (Wildman–Crippen LogP) is 30.6. The van der Waals surface area contributed by atoms with E-state index < -0.39 is 34.0 Å². The van der Waals surface area contributed by atoms with Gasteiger partial charge >= 0.3 is 24.1 Å². The quantitative estimate of drug-likeness (QED) is 0.0699. The number of fused-ring (bicyclic) bond motifs is 24. The van der Waals surface area contributed by atoms with Crippen LogP contribution >= 0.6 is 0 Å². The molecule has 1 aliphatic heterocycles. The molecule has 0 bridgehead atoms. The summed E-state index contributed by atoms with van der Waals surface area (Å²) in [5.41, 5.74) is 9.05. The van der Waals surface area contributed by atoms with Crippen molar-refractivity contribution in [2.24, 2.45) is 210 Å². The zero-order valence-electron chi connectivity index (χ0n) is 90.2. The molecule has 0 radical (unpaired) electrons. The number of rotatable bonds is 10. The van der Waals surface area contributed by atoms with E-state index in [1.807, 2.05) is 19.4 Å². The summed E-state index contributed by atoms with van der Waals surface area (Å²) in [6, 6.07) is 0. The van der Waals surface area contributed by atoms with Crippen LogP contribution in [0.1, 0.15) is 440 Å². The van der Waals surface area contributed by atoms with Crippen LogP contribution < -0.4 is 0 Å². The van der Waals surface area contributed by atoms with E-state index in [9.17, 15) is 39.6 Å². The lowest BCUT2D eigenvalue weighted by molar-refractivity contribution is -0.203. The van der Waals surface area contributed by atoms with Gasteiger partial charge in [-0.15, -0.1) is 0 Å². The molecule has 1 saturated heterocycles. The van der Waals surface area contributed by atoms with Crippen molar-refractivity contribution >= 4 is 30.5 Å². The largest absolute Gasteiger partial charge is 0.481 e. The van der Waals surface area contributed by atoms with E-state index in [4.69, 9.17) is 19.1 Å². The summed E-state index contributed by atoms with van der Waals surface area (Å²) < 4.78 is 11.2. The van der Waals surface area contributed by atoms with Crippen LogP contribution in [0.2, 0.25) is 0 Å². The highest BCUT2D eigenvalue weighted by Crippen LogP contribution is 2.82. The van der Waals surface area contributed by atoms with E-state index in [0.29, 0.717) is 112 Å². The zero-order valence-corrected chi connectivity index (χ0v) is 90.2. The van der Waals surface area contributed by atoms with Gasteiger partial charge in [0.25, 0.3) is 6.47 Å². The summed E-state index contributed by atoms with van der Waals surface area (Å²) in [4.78, 5) is 65.3. The van der Waals surface area contributed by atoms with Gasteiger partial charge in [-0.05, 0) is 440 Å². The third kappa shape index (κ3) is 15.6. The Morgan fingerprint density at radius 2 is 0.821 bits per heavy atom. The van der Waals surface area contributed by atoms with Gasteiger partial charge < -0.3 is 29.9 Å². The number of aliphatic hydroxyl groups is 2. The molecule has 17 aliphatic carbocycles. The number of aliphatic hydroxyl groups excluding tert-OH is 1. The smallest absolute Gasteiger partial charge is 0.373 e. The number of carbonyl (C=O) groups is 4. The molecule has 18 rings (SSSR count). The van der Waals surface area contributed by atoms with Gasteiger partial charge in [0.1, 0.15) is 5.60 Å². The van der Waals surface area contributed by atoms with Crippen molar-refractivity contribution < 1.29 is 58.7 Å².